The van der Waals surface area contributed by atoms with Crippen LogP contribution in [0.15, 0.2) is 24.3 Å². The van der Waals surface area contributed by atoms with Gasteiger partial charge in [-0.2, -0.15) is 0 Å². The first-order valence-electron chi connectivity index (χ1n) is 8.85. The Morgan fingerprint density at radius 2 is 1.89 bits per heavy atom. The SMILES string of the molecule is COC(=O)c1c(NC(=O)C(C)Oc2ccc([N+](=O)[O-])cc2)sc2c1CCCC2. The number of carbonyl (C=O) groups is 2. The van der Waals surface area contributed by atoms with Crippen molar-refractivity contribution < 1.29 is 24.0 Å². The standard InChI is InChI=1S/C19H20N2O6S/c1-11(27-13-9-7-12(8-10-13)21(24)25)17(22)20-18-16(19(23)26-2)14-5-3-4-6-15(14)28-18/h7-11H,3-6H2,1-2H3,(H,20,22). The number of nitrogens with one attached hydrogen (secondary N) is 1. The van der Waals surface area contributed by atoms with Crippen LogP contribution in [0.5, 0.6) is 5.75 Å². The number of nitro groups is 1. The molecule has 0 aliphatic heterocycles. The molecule has 0 saturated heterocycles. The Kier molecular flexibility index (Phi) is 5.93. The Balaban J connectivity index is 1.74. The molecule has 1 heterocycles. The Morgan fingerprint density at radius 3 is 2.54 bits per heavy atom. The summed E-state index contributed by atoms with van der Waals surface area (Å²) >= 11 is 1.40. The third-order valence-corrected chi connectivity index (χ3v) is 5.73. The topological polar surface area (TPSA) is 108 Å². The van der Waals surface area contributed by atoms with Crippen molar-refractivity contribution in [2.24, 2.45) is 0 Å². The van der Waals surface area contributed by atoms with Crippen LogP contribution in [0.3, 0.4) is 0 Å². The van der Waals surface area contributed by atoms with Crippen LogP contribution >= 0.6 is 11.3 Å². The van der Waals surface area contributed by atoms with E-state index in [4.69, 9.17) is 9.47 Å². The van der Waals surface area contributed by atoms with Gasteiger partial charge in [0.05, 0.1) is 17.6 Å². The summed E-state index contributed by atoms with van der Waals surface area (Å²) in [5.41, 5.74) is 1.33. The van der Waals surface area contributed by atoms with Crippen LogP contribution < -0.4 is 10.1 Å². The first kappa shape index (κ1) is 19.8. The van der Waals surface area contributed by atoms with Crippen LogP contribution in [-0.4, -0.2) is 30.0 Å². The number of fused-ring (bicyclic) bond motifs is 1. The molecule has 1 aliphatic carbocycles. The van der Waals surface area contributed by atoms with E-state index in [9.17, 15) is 19.7 Å². The van der Waals surface area contributed by atoms with E-state index >= 15 is 0 Å². The third-order valence-electron chi connectivity index (χ3n) is 4.53. The molecule has 3 rings (SSSR count). The second-order valence-electron chi connectivity index (χ2n) is 6.41. The number of nitrogens with zero attached hydrogens (tertiary/aromatic N) is 1. The predicted molar refractivity (Wildman–Crippen MR) is 104 cm³/mol. The van der Waals surface area contributed by atoms with Crippen LogP contribution in [0.25, 0.3) is 0 Å². The normalized spacial score (nSPS) is 13.9. The molecule has 1 aromatic carbocycles. The van der Waals surface area contributed by atoms with Gasteiger partial charge in [0.1, 0.15) is 10.8 Å². The highest BCUT2D eigenvalue weighted by atomic mass is 32.1. The number of amides is 1. The predicted octanol–water partition coefficient (Wildman–Crippen LogP) is 3.73. The van der Waals surface area contributed by atoms with E-state index in [2.05, 4.69) is 5.32 Å². The molecule has 1 atom stereocenters. The van der Waals surface area contributed by atoms with Gasteiger partial charge in [0.25, 0.3) is 11.6 Å². The van der Waals surface area contributed by atoms with Crippen LogP contribution in [-0.2, 0) is 22.4 Å². The van der Waals surface area contributed by atoms with Crippen LogP contribution in [0.2, 0.25) is 0 Å². The molecule has 2 aromatic rings. The Hall–Kier alpha value is -2.94. The van der Waals surface area contributed by atoms with E-state index in [-0.39, 0.29) is 5.69 Å². The first-order chi connectivity index (χ1) is 13.4. The average molecular weight is 404 g/mol. The van der Waals surface area contributed by atoms with Gasteiger partial charge in [-0.1, -0.05) is 0 Å². The van der Waals surface area contributed by atoms with E-state index in [1.807, 2.05) is 0 Å². The average Bonchev–Trinajstić information content (AvgIpc) is 3.05. The molecule has 148 valence electrons. The van der Waals surface area contributed by atoms with Gasteiger partial charge in [0, 0.05) is 17.0 Å². The molecule has 0 fully saturated rings. The molecule has 1 N–H and O–H groups in total. The molecule has 0 saturated carbocycles. The van der Waals surface area contributed by atoms with Gasteiger partial charge in [-0.15, -0.1) is 11.3 Å². The molecule has 1 aromatic heterocycles. The summed E-state index contributed by atoms with van der Waals surface area (Å²) in [5, 5.41) is 14.0. The smallest absolute Gasteiger partial charge is 0.341 e. The molecule has 8 nitrogen and oxygen atoms in total. The summed E-state index contributed by atoms with van der Waals surface area (Å²) < 4.78 is 10.5. The number of anilines is 1. The minimum Gasteiger partial charge on any atom is -0.481 e. The number of methoxy groups -OCH3 is 1. The minimum absolute atomic E-state index is 0.0589. The molecule has 0 spiro atoms. The fraction of sp³-hybridized carbons (Fsp3) is 0.368. The van der Waals surface area contributed by atoms with Gasteiger partial charge in [-0.25, -0.2) is 4.79 Å². The van der Waals surface area contributed by atoms with Crippen molar-refractivity contribution >= 4 is 33.9 Å². The lowest BCUT2D eigenvalue weighted by Gasteiger charge is -2.15. The number of rotatable bonds is 6. The maximum atomic E-state index is 12.6. The van der Waals surface area contributed by atoms with E-state index in [0.29, 0.717) is 16.3 Å². The molecule has 28 heavy (non-hydrogen) atoms. The van der Waals surface area contributed by atoms with E-state index in [1.54, 1.807) is 6.92 Å². The second-order valence-corrected chi connectivity index (χ2v) is 7.51. The number of aryl methyl sites for hydroxylation is 1. The van der Waals surface area contributed by atoms with Crippen molar-refractivity contribution in [1.29, 1.82) is 0 Å². The highest BCUT2D eigenvalue weighted by Crippen LogP contribution is 2.38. The molecule has 0 radical (unpaired) electrons. The lowest BCUT2D eigenvalue weighted by molar-refractivity contribution is -0.384. The number of nitro benzene ring substituents is 1. The van der Waals surface area contributed by atoms with Crippen molar-refractivity contribution in [3.8, 4) is 5.75 Å². The second kappa shape index (κ2) is 8.39. The zero-order valence-corrected chi connectivity index (χ0v) is 16.3. The Bertz CT molecular complexity index is 906. The van der Waals surface area contributed by atoms with Gasteiger partial charge < -0.3 is 14.8 Å². The molecule has 1 unspecified atom stereocenters. The fourth-order valence-corrected chi connectivity index (χ4v) is 4.37. The highest BCUT2D eigenvalue weighted by Gasteiger charge is 2.28. The molecule has 1 amide bonds. The van der Waals surface area contributed by atoms with Crippen LogP contribution in [0, 0.1) is 10.1 Å². The van der Waals surface area contributed by atoms with Crippen LogP contribution in [0.4, 0.5) is 10.7 Å². The van der Waals surface area contributed by atoms with Crippen molar-refractivity contribution in [3.63, 3.8) is 0 Å². The first-order valence-corrected chi connectivity index (χ1v) is 9.67. The Labute approximate surface area is 165 Å². The number of benzene rings is 1. The van der Waals surface area contributed by atoms with E-state index in [0.717, 1.165) is 36.1 Å². The number of esters is 1. The monoisotopic (exact) mass is 404 g/mol. The number of hydrogen-bond acceptors (Lipinski definition) is 7. The van der Waals surface area contributed by atoms with Crippen molar-refractivity contribution in [2.75, 3.05) is 12.4 Å². The quantitative estimate of drug-likeness (QED) is 0.446. The van der Waals surface area contributed by atoms with Gasteiger partial charge in [-0.3, -0.25) is 14.9 Å². The number of thiophene rings is 1. The van der Waals surface area contributed by atoms with Gasteiger partial charge in [-0.05, 0) is 50.3 Å². The zero-order chi connectivity index (χ0) is 20.3. The van der Waals surface area contributed by atoms with Crippen molar-refractivity contribution in [2.45, 2.75) is 38.7 Å². The summed E-state index contributed by atoms with van der Waals surface area (Å²) in [4.78, 5) is 36.1. The minimum atomic E-state index is -0.855. The Morgan fingerprint density at radius 1 is 1.21 bits per heavy atom. The fourth-order valence-electron chi connectivity index (χ4n) is 3.09. The summed E-state index contributed by atoms with van der Waals surface area (Å²) in [6.07, 6.45) is 2.88. The number of non-ortho nitro benzene ring substituents is 1. The molecular weight excluding hydrogens is 384 g/mol. The van der Waals surface area contributed by atoms with Gasteiger partial charge in [0.2, 0.25) is 0 Å². The lowest BCUT2D eigenvalue weighted by Crippen LogP contribution is -2.30. The summed E-state index contributed by atoms with van der Waals surface area (Å²) in [7, 11) is 1.32. The molecule has 9 heteroatoms. The highest BCUT2D eigenvalue weighted by molar-refractivity contribution is 7.17. The van der Waals surface area contributed by atoms with Crippen molar-refractivity contribution in [3.05, 3.63) is 50.4 Å². The molecule has 0 bridgehead atoms. The largest absolute Gasteiger partial charge is 0.481 e. The maximum absolute atomic E-state index is 12.6. The summed E-state index contributed by atoms with van der Waals surface area (Å²) in [6.45, 7) is 1.57. The number of carbonyl (C=O) groups excluding carboxylic acids is 2. The number of ether oxygens (including phenoxy) is 2. The van der Waals surface area contributed by atoms with Gasteiger partial charge >= 0.3 is 5.97 Å². The van der Waals surface area contributed by atoms with E-state index < -0.39 is 22.9 Å². The molecule has 1 aliphatic rings. The molecular formula is C19H20N2O6S. The van der Waals surface area contributed by atoms with Gasteiger partial charge in [0.15, 0.2) is 6.10 Å². The lowest BCUT2D eigenvalue weighted by atomic mass is 9.95. The summed E-state index contributed by atoms with van der Waals surface area (Å²) in [6, 6.07) is 5.49. The maximum Gasteiger partial charge on any atom is 0.341 e. The van der Waals surface area contributed by atoms with Crippen LogP contribution in [0.1, 0.15) is 40.6 Å². The van der Waals surface area contributed by atoms with Crippen molar-refractivity contribution in [1.82, 2.24) is 0 Å². The third kappa shape index (κ3) is 4.14. The number of hydrogen-bond donors (Lipinski definition) is 1. The summed E-state index contributed by atoms with van der Waals surface area (Å²) in [5.74, 6) is -0.535. The van der Waals surface area contributed by atoms with E-state index in [1.165, 1.54) is 42.7 Å². The zero-order valence-electron chi connectivity index (χ0n) is 15.5.